The fourth-order valence-corrected chi connectivity index (χ4v) is 0.942. The van der Waals surface area contributed by atoms with Crippen molar-refractivity contribution in [1.82, 2.24) is 0 Å². The van der Waals surface area contributed by atoms with Crippen LogP contribution in [-0.2, 0) is 5.41 Å². The fraction of sp³-hybridized carbons (Fsp3) is 0.300. The van der Waals surface area contributed by atoms with Crippen LogP contribution in [0.3, 0.4) is 0 Å². The van der Waals surface area contributed by atoms with E-state index in [1.807, 2.05) is 44.2 Å². The van der Waals surface area contributed by atoms with E-state index in [-0.39, 0.29) is 5.41 Å². The number of aliphatic hydroxyl groups is 1. The third kappa shape index (κ3) is 1.81. The minimum Gasteiger partial charge on any atom is -0.389 e. The lowest BCUT2D eigenvalue weighted by atomic mass is 9.86. The minimum absolute atomic E-state index is 0.235. The number of hydrogen-bond donors (Lipinski definition) is 1. The molecule has 1 aromatic carbocycles. The van der Waals surface area contributed by atoms with Crippen molar-refractivity contribution in [3.8, 4) is 0 Å². The Bertz CT molecular complexity index is 214. The molecule has 1 radical (unpaired) electrons. The Balaban J connectivity index is 2.93. The molecule has 0 aromatic heterocycles. The number of hydrogen-bond acceptors (Lipinski definition) is 1. The summed E-state index contributed by atoms with van der Waals surface area (Å²) >= 11 is 0. The van der Waals surface area contributed by atoms with Gasteiger partial charge in [0.1, 0.15) is 0 Å². The van der Waals surface area contributed by atoms with Crippen LogP contribution in [0.15, 0.2) is 30.3 Å². The summed E-state index contributed by atoms with van der Waals surface area (Å²) in [5.41, 5.74) is 0.892. The lowest BCUT2D eigenvalue weighted by Crippen LogP contribution is -2.16. The Kier molecular flexibility index (Phi) is 2.30. The molecule has 0 aliphatic heterocycles. The highest BCUT2D eigenvalue weighted by Crippen LogP contribution is 2.23. The second-order valence-corrected chi connectivity index (χ2v) is 3.22. The molecule has 0 aliphatic carbocycles. The third-order valence-corrected chi connectivity index (χ3v) is 1.84. The van der Waals surface area contributed by atoms with Gasteiger partial charge in [0.15, 0.2) is 0 Å². The van der Waals surface area contributed by atoms with E-state index in [0.717, 1.165) is 5.56 Å². The first-order valence-corrected chi connectivity index (χ1v) is 3.71. The molecule has 0 heterocycles. The fourth-order valence-electron chi connectivity index (χ4n) is 0.942. The molecule has 0 aliphatic rings. The van der Waals surface area contributed by atoms with Crippen LogP contribution in [0, 0.1) is 6.61 Å². The quantitative estimate of drug-likeness (QED) is 0.685. The zero-order valence-electron chi connectivity index (χ0n) is 6.91. The van der Waals surface area contributed by atoms with E-state index >= 15 is 0 Å². The molecule has 1 aromatic rings. The first kappa shape index (κ1) is 8.28. The number of benzene rings is 1. The average Bonchev–Trinajstić information content (AvgIpc) is 2.06. The highest BCUT2D eigenvalue weighted by atomic mass is 16.3. The van der Waals surface area contributed by atoms with Gasteiger partial charge >= 0.3 is 0 Å². The first-order chi connectivity index (χ1) is 5.17. The monoisotopic (exact) mass is 149 g/mol. The lowest BCUT2D eigenvalue weighted by Gasteiger charge is -2.20. The first-order valence-electron chi connectivity index (χ1n) is 3.71. The standard InChI is InChI=1S/C10H13O/c1-10(2,8-11)9-6-4-3-5-7-9/h3-8,11H,1-2H3. The van der Waals surface area contributed by atoms with Gasteiger partial charge in [0, 0.05) is 5.41 Å². The molecule has 0 bridgehead atoms. The maximum absolute atomic E-state index is 8.92. The summed E-state index contributed by atoms with van der Waals surface area (Å²) in [6.07, 6.45) is 0. The van der Waals surface area contributed by atoms with Crippen LogP contribution >= 0.6 is 0 Å². The van der Waals surface area contributed by atoms with Gasteiger partial charge in [-0.1, -0.05) is 44.2 Å². The molecular weight excluding hydrogens is 136 g/mol. The highest BCUT2D eigenvalue weighted by molar-refractivity contribution is 5.25. The van der Waals surface area contributed by atoms with Crippen molar-refractivity contribution < 1.29 is 5.11 Å². The van der Waals surface area contributed by atoms with Crippen LogP contribution in [0.2, 0.25) is 0 Å². The van der Waals surface area contributed by atoms with E-state index in [2.05, 4.69) is 0 Å². The van der Waals surface area contributed by atoms with Crippen molar-refractivity contribution in [2.75, 3.05) is 0 Å². The van der Waals surface area contributed by atoms with Crippen LogP contribution < -0.4 is 0 Å². The Hall–Kier alpha value is -0.820. The normalized spacial score (nSPS) is 11.5. The van der Waals surface area contributed by atoms with Gasteiger partial charge < -0.3 is 5.11 Å². The van der Waals surface area contributed by atoms with Crippen molar-refractivity contribution in [3.63, 3.8) is 0 Å². The second-order valence-electron chi connectivity index (χ2n) is 3.22. The summed E-state index contributed by atoms with van der Waals surface area (Å²) in [5.74, 6) is 0. The third-order valence-electron chi connectivity index (χ3n) is 1.84. The molecule has 1 heteroatoms. The Morgan fingerprint density at radius 2 is 1.73 bits per heavy atom. The van der Waals surface area contributed by atoms with Crippen molar-refractivity contribution in [3.05, 3.63) is 42.5 Å². The molecule has 1 nitrogen and oxygen atoms in total. The molecule has 0 saturated heterocycles. The Morgan fingerprint density at radius 3 is 2.18 bits per heavy atom. The van der Waals surface area contributed by atoms with Gasteiger partial charge in [0.25, 0.3) is 0 Å². The summed E-state index contributed by atoms with van der Waals surface area (Å²) < 4.78 is 0. The van der Waals surface area contributed by atoms with Crippen molar-refractivity contribution in [2.45, 2.75) is 19.3 Å². The zero-order chi connectivity index (χ0) is 8.32. The molecule has 1 rings (SSSR count). The maximum atomic E-state index is 8.92. The lowest BCUT2D eigenvalue weighted by molar-refractivity contribution is 0.306. The van der Waals surface area contributed by atoms with E-state index < -0.39 is 0 Å². The minimum atomic E-state index is -0.235. The van der Waals surface area contributed by atoms with Gasteiger partial charge in [0.05, 0.1) is 6.61 Å². The number of rotatable bonds is 2. The van der Waals surface area contributed by atoms with E-state index in [0.29, 0.717) is 0 Å². The van der Waals surface area contributed by atoms with Crippen molar-refractivity contribution in [2.24, 2.45) is 0 Å². The van der Waals surface area contributed by atoms with E-state index in [4.69, 9.17) is 5.11 Å². The zero-order valence-corrected chi connectivity index (χ0v) is 6.91. The van der Waals surface area contributed by atoms with Crippen LogP contribution in [0.4, 0.5) is 0 Å². The van der Waals surface area contributed by atoms with Crippen LogP contribution in [0.25, 0.3) is 0 Å². The largest absolute Gasteiger partial charge is 0.389 e. The SMILES string of the molecule is CC(C)([CH]O)c1ccccc1. The van der Waals surface area contributed by atoms with Gasteiger partial charge in [-0.05, 0) is 5.56 Å². The molecule has 1 N–H and O–H groups in total. The smallest absolute Gasteiger partial charge is 0.0898 e. The molecule has 0 saturated carbocycles. The summed E-state index contributed by atoms with van der Waals surface area (Å²) in [6.45, 7) is 5.17. The van der Waals surface area contributed by atoms with Crippen LogP contribution in [-0.4, -0.2) is 5.11 Å². The topological polar surface area (TPSA) is 20.2 Å². The summed E-state index contributed by atoms with van der Waals surface area (Å²) in [5, 5.41) is 8.92. The van der Waals surface area contributed by atoms with Gasteiger partial charge in [0.2, 0.25) is 0 Å². The predicted octanol–water partition coefficient (Wildman–Crippen LogP) is 2.50. The Morgan fingerprint density at radius 1 is 1.18 bits per heavy atom. The van der Waals surface area contributed by atoms with Gasteiger partial charge in [-0.2, -0.15) is 0 Å². The molecular formula is C10H13O. The highest BCUT2D eigenvalue weighted by Gasteiger charge is 2.18. The van der Waals surface area contributed by atoms with Crippen LogP contribution in [0.1, 0.15) is 19.4 Å². The molecule has 0 spiro atoms. The van der Waals surface area contributed by atoms with Crippen molar-refractivity contribution >= 4 is 0 Å². The van der Waals surface area contributed by atoms with E-state index in [9.17, 15) is 0 Å². The second kappa shape index (κ2) is 3.05. The van der Waals surface area contributed by atoms with Gasteiger partial charge in [-0.15, -0.1) is 0 Å². The average molecular weight is 149 g/mol. The van der Waals surface area contributed by atoms with Gasteiger partial charge in [-0.3, -0.25) is 0 Å². The summed E-state index contributed by atoms with van der Waals surface area (Å²) in [4.78, 5) is 0. The van der Waals surface area contributed by atoms with E-state index in [1.54, 1.807) is 0 Å². The molecule has 0 fully saturated rings. The van der Waals surface area contributed by atoms with E-state index in [1.165, 1.54) is 6.61 Å². The molecule has 11 heavy (non-hydrogen) atoms. The van der Waals surface area contributed by atoms with Crippen molar-refractivity contribution in [1.29, 1.82) is 0 Å². The summed E-state index contributed by atoms with van der Waals surface area (Å²) in [7, 11) is 0. The molecule has 59 valence electrons. The molecule has 0 amide bonds. The maximum Gasteiger partial charge on any atom is 0.0898 e. The summed E-state index contributed by atoms with van der Waals surface area (Å²) in [6, 6.07) is 9.93. The Labute approximate surface area is 67.7 Å². The molecule has 0 unspecified atom stereocenters. The predicted molar refractivity (Wildman–Crippen MR) is 45.7 cm³/mol. The van der Waals surface area contributed by atoms with Gasteiger partial charge in [-0.25, -0.2) is 0 Å². The van der Waals surface area contributed by atoms with Crippen LogP contribution in [0.5, 0.6) is 0 Å². The molecule has 0 atom stereocenters. The number of aliphatic hydroxyl groups excluding tert-OH is 1.